The number of nitrogens with two attached hydrogens (primary N) is 1. The van der Waals surface area contributed by atoms with Gasteiger partial charge in [0.2, 0.25) is 0 Å². The van der Waals surface area contributed by atoms with Crippen molar-refractivity contribution >= 4 is 45.6 Å². The molecule has 0 aliphatic rings. The molecule has 0 spiro atoms. The molecule has 2 heterocycles. The Balaban J connectivity index is 0.000000211. The number of carboxylic acids is 1. The number of hydrogen-bond donors (Lipinski definition) is 3. The maximum atomic E-state index is 13.5. The number of amides is 1. The van der Waals surface area contributed by atoms with Gasteiger partial charge >= 0.3 is 30.3 Å². The van der Waals surface area contributed by atoms with Gasteiger partial charge < -0.3 is 25.6 Å². The second kappa shape index (κ2) is 24.6. The maximum Gasteiger partial charge on any atom is 0.416 e. The van der Waals surface area contributed by atoms with Crippen molar-refractivity contribution in [1.29, 1.82) is 0 Å². The highest BCUT2D eigenvalue weighted by Crippen LogP contribution is 2.33. The third-order valence-corrected chi connectivity index (χ3v) is 12.4. The average molecular weight is 1070 g/mol. The highest BCUT2D eigenvalue weighted by atomic mass is 19.4. The van der Waals surface area contributed by atoms with Gasteiger partial charge in [-0.1, -0.05) is 72.8 Å². The van der Waals surface area contributed by atoms with E-state index in [1.54, 1.807) is 64.0 Å². The molecular weight excluding hydrogens is 1010 g/mol. The summed E-state index contributed by atoms with van der Waals surface area (Å²) in [5, 5.41) is 22.5. The van der Waals surface area contributed by atoms with Crippen molar-refractivity contribution in [2.75, 3.05) is 14.2 Å². The van der Waals surface area contributed by atoms with E-state index < -0.39 is 35.4 Å². The van der Waals surface area contributed by atoms with Crippen LogP contribution in [-0.4, -0.2) is 62.7 Å². The smallest absolute Gasteiger partial charge is 0.416 e. The number of carbonyl (C=O) groups is 4. The number of fused-ring (bicyclic) bond motifs is 2. The van der Waals surface area contributed by atoms with Gasteiger partial charge in [0, 0.05) is 28.9 Å². The Bertz CT molecular complexity index is 3350. The molecule has 2 atom stereocenters. The minimum atomic E-state index is -4.40. The number of alkyl halides is 6. The van der Waals surface area contributed by atoms with E-state index in [1.807, 2.05) is 71.9 Å². The Morgan fingerprint density at radius 1 is 0.558 bits per heavy atom. The number of esters is 2. The number of hydrogen-bond acceptors (Lipinski definition) is 9. The number of aromatic nitrogens is 4. The molecule has 19 heteroatoms. The topological polar surface area (TPSA) is 181 Å². The highest BCUT2D eigenvalue weighted by Gasteiger charge is 2.31. The zero-order valence-electron chi connectivity index (χ0n) is 43.5. The van der Waals surface area contributed by atoms with Gasteiger partial charge in [0.15, 0.2) is 11.4 Å². The Labute approximate surface area is 440 Å². The number of nitrogens with zero attached hydrogens (tertiary/aromatic N) is 4. The first-order chi connectivity index (χ1) is 36.3. The summed E-state index contributed by atoms with van der Waals surface area (Å²) in [5.74, 6) is -2.27. The van der Waals surface area contributed by atoms with Crippen LogP contribution in [0, 0.1) is 0 Å². The molecule has 1 amide bonds. The standard InChI is InChI=1S/C29H28F3N3O3.C19H17F3N2O2.C10H13NO2/c1-17(2)35-24-7-5-6-22(16-19-8-14-23(15-9-19)29(30,31)32)25(24)26(34-35)27(36)33-18(3)20-10-12-21(13-11-20)28(37)38-4;1-11(2)24-15-5-3-4-13(16(15)17(23-24)18(25)26)10-12-6-8-14(9-7-12)19(20,21)22;1-7(11)8-3-5-9(6-4-8)10(12)13-2/h5-15,17-18H,16H2,1-4H3,(H,33,36);3-9,11H,10H2,1-2H3,(H,25,26);3-7H,11H2,1-2H3/t18-;;7-/m0.0/s1. The average Bonchev–Trinajstić information content (AvgIpc) is 4.02. The second-order valence-electron chi connectivity index (χ2n) is 18.7. The van der Waals surface area contributed by atoms with Gasteiger partial charge in [-0.15, -0.1) is 0 Å². The Kier molecular flexibility index (Phi) is 18.5. The number of aromatic carboxylic acids is 1. The summed E-state index contributed by atoms with van der Waals surface area (Å²) >= 11 is 0. The molecule has 0 fully saturated rings. The lowest BCUT2D eigenvalue weighted by Crippen LogP contribution is -2.27. The van der Waals surface area contributed by atoms with Gasteiger partial charge in [0.05, 0.1) is 53.5 Å². The van der Waals surface area contributed by atoms with Crippen LogP contribution in [-0.2, 0) is 34.7 Å². The van der Waals surface area contributed by atoms with Crippen LogP contribution in [0.4, 0.5) is 26.3 Å². The van der Waals surface area contributed by atoms with Crippen LogP contribution < -0.4 is 11.1 Å². The molecule has 0 aliphatic carbocycles. The van der Waals surface area contributed by atoms with Crippen LogP contribution in [0.2, 0.25) is 0 Å². The molecule has 0 saturated heterocycles. The van der Waals surface area contributed by atoms with Crippen LogP contribution in [0.5, 0.6) is 0 Å². The lowest BCUT2D eigenvalue weighted by Gasteiger charge is -2.14. The van der Waals surface area contributed by atoms with Crippen molar-refractivity contribution in [2.45, 2.75) is 90.9 Å². The van der Waals surface area contributed by atoms with E-state index in [1.165, 1.54) is 38.5 Å². The van der Waals surface area contributed by atoms with Gasteiger partial charge in [-0.2, -0.15) is 36.5 Å². The molecule has 13 nitrogen and oxygen atoms in total. The fourth-order valence-electron chi connectivity index (χ4n) is 8.39. The summed E-state index contributed by atoms with van der Waals surface area (Å²) in [4.78, 5) is 47.8. The summed E-state index contributed by atoms with van der Waals surface area (Å²) in [6, 6.07) is 34.3. The second-order valence-corrected chi connectivity index (χ2v) is 18.7. The fraction of sp³-hybridized carbons (Fsp3) is 0.276. The maximum absolute atomic E-state index is 13.5. The molecule has 404 valence electrons. The van der Waals surface area contributed by atoms with Gasteiger partial charge in [-0.3, -0.25) is 14.2 Å². The van der Waals surface area contributed by atoms with E-state index in [-0.39, 0.29) is 47.4 Å². The zero-order chi connectivity index (χ0) is 56.5. The number of ether oxygens (including phenoxy) is 2. The SMILES string of the molecule is CC(C)n1nc(C(=O)O)c2c(Cc3ccc(C(F)(F)F)cc3)cccc21.COC(=O)c1ccc([C@H](C)N)cc1.COC(=O)c1ccc([C@H](C)NC(=O)c2nn(C(C)C)c3cccc(Cc4ccc(C(F)(F)F)cc4)c23)cc1. The monoisotopic (exact) mass is 1060 g/mol. The first-order valence-electron chi connectivity index (χ1n) is 24.3. The number of carboxylic acid groups (broad SMARTS) is 1. The van der Waals surface area contributed by atoms with Gasteiger partial charge in [0.1, 0.15) is 0 Å². The van der Waals surface area contributed by atoms with Crippen LogP contribution >= 0.6 is 0 Å². The van der Waals surface area contributed by atoms with Crippen LogP contribution in [0.15, 0.2) is 133 Å². The number of methoxy groups -OCH3 is 2. The van der Waals surface area contributed by atoms with Crippen molar-refractivity contribution in [3.63, 3.8) is 0 Å². The Morgan fingerprint density at radius 3 is 1.29 bits per heavy atom. The molecule has 2 aromatic heterocycles. The zero-order valence-corrected chi connectivity index (χ0v) is 43.5. The molecule has 8 rings (SSSR count). The van der Waals surface area contributed by atoms with Crippen LogP contribution in [0.1, 0.15) is 152 Å². The molecule has 0 unspecified atom stereocenters. The summed E-state index contributed by atoms with van der Waals surface area (Å²) in [6.07, 6.45) is -8.13. The molecule has 0 aliphatic heterocycles. The van der Waals surface area contributed by atoms with Crippen molar-refractivity contribution in [1.82, 2.24) is 24.9 Å². The largest absolute Gasteiger partial charge is 0.476 e. The van der Waals surface area contributed by atoms with Crippen LogP contribution in [0.25, 0.3) is 21.8 Å². The van der Waals surface area contributed by atoms with Crippen molar-refractivity contribution in [3.05, 3.63) is 200 Å². The Hall–Kier alpha value is -8.32. The molecule has 0 saturated carbocycles. The van der Waals surface area contributed by atoms with Gasteiger partial charge in [-0.25, -0.2) is 14.4 Å². The minimum Gasteiger partial charge on any atom is -0.476 e. The first-order valence-corrected chi connectivity index (χ1v) is 24.3. The minimum absolute atomic E-state index is 0.00769. The van der Waals surface area contributed by atoms with E-state index in [0.29, 0.717) is 56.9 Å². The predicted octanol–water partition coefficient (Wildman–Crippen LogP) is 12.9. The fourth-order valence-corrected chi connectivity index (χ4v) is 8.39. The molecule has 0 bridgehead atoms. The highest BCUT2D eigenvalue weighted by molar-refractivity contribution is 6.06. The summed E-state index contributed by atoms with van der Waals surface area (Å²) in [7, 11) is 2.67. The number of carbonyl (C=O) groups excluding carboxylic acids is 3. The molecular formula is C58H58F6N6O7. The third-order valence-electron chi connectivity index (χ3n) is 12.4. The molecule has 4 N–H and O–H groups in total. The molecule has 8 aromatic rings. The van der Waals surface area contributed by atoms with Crippen molar-refractivity contribution in [3.8, 4) is 0 Å². The first kappa shape index (κ1) is 57.9. The lowest BCUT2D eigenvalue weighted by molar-refractivity contribution is -0.138. The van der Waals surface area contributed by atoms with E-state index in [2.05, 4.69) is 20.3 Å². The Morgan fingerprint density at radius 2 is 0.935 bits per heavy atom. The third kappa shape index (κ3) is 14.1. The number of benzene rings is 6. The van der Waals surface area contributed by atoms with Crippen LogP contribution in [0.3, 0.4) is 0 Å². The van der Waals surface area contributed by atoms with Gasteiger partial charge in [-0.05, 0) is 148 Å². The molecule has 6 aromatic carbocycles. The number of rotatable bonds is 13. The summed E-state index contributed by atoms with van der Waals surface area (Å²) in [6.45, 7) is 11.5. The van der Waals surface area contributed by atoms with Gasteiger partial charge in [0.25, 0.3) is 5.91 Å². The lowest BCUT2D eigenvalue weighted by atomic mass is 9.98. The number of nitrogens with one attached hydrogen (secondary N) is 1. The summed E-state index contributed by atoms with van der Waals surface area (Å²) in [5.41, 5.74) is 11.5. The van der Waals surface area contributed by atoms with Crippen molar-refractivity contribution in [2.24, 2.45) is 5.73 Å². The van der Waals surface area contributed by atoms with E-state index in [9.17, 15) is 50.6 Å². The quantitative estimate of drug-likeness (QED) is 0.0743. The molecule has 0 radical (unpaired) electrons. The summed E-state index contributed by atoms with van der Waals surface area (Å²) < 4.78 is 89.8. The number of halogens is 6. The normalized spacial score (nSPS) is 12.3. The molecule has 77 heavy (non-hydrogen) atoms. The van der Waals surface area contributed by atoms with E-state index >= 15 is 0 Å². The van der Waals surface area contributed by atoms with E-state index in [0.717, 1.165) is 46.5 Å². The van der Waals surface area contributed by atoms with E-state index in [4.69, 9.17) is 10.5 Å². The predicted molar refractivity (Wildman–Crippen MR) is 280 cm³/mol. The van der Waals surface area contributed by atoms with Crippen molar-refractivity contribution < 1.29 is 60.1 Å².